The molecule has 0 aromatic heterocycles. The average Bonchev–Trinajstić information content (AvgIpc) is 2.18. The number of hydrogen-bond donors (Lipinski definition) is 1. The maximum Gasteiger partial charge on any atom is 0.222 e. The van der Waals surface area contributed by atoms with Crippen LogP contribution < -0.4 is 5.32 Å². The van der Waals surface area contributed by atoms with Gasteiger partial charge in [-0.05, 0) is 12.8 Å². The standard InChI is InChI=1S/C10H17FN2O.ClH/c11-8-5-9(7-12-6-8)13-4-2-1-3-10(13)14;/h8-9,12H,1-7H2;1H/t8-,9-;/m0./s1. The molecule has 0 unspecified atom stereocenters. The first-order valence-electron chi connectivity index (χ1n) is 5.41. The highest BCUT2D eigenvalue weighted by Gasteiger charge is 2.30. The molecular formula is C10H18ClFN2O. The quantitative estimate of drug-likeness (QED) is 0.740. The Bertz CT molecular complexity index is 227. The van der Waals surface area contributed by atoms with Crippen LogP contribution in [0.3, 0.4) is 0 Å². The maximum atomic E-state index is 13.1. The number of piperidine rings is 2. The molecule has 2 rings (SSSR count). The Morgan fingerprint density at radius 2 is 2.13 bits per heavy atom. The summed E-state index contributed by atoms with van der Waals surface area (Å²) in [6.07, 6.45) is 2.43. The summed E-state index contributed by atoms with van der Waals surface area (Å²) >= 11 is 0. The molecule has 1 N–H and O–H groups in total. The number of carbonyl (C=O) groups is 1. The van der Waals surface area contributed by atoms with Crippen molar-refractivity contribution in [2.75, 3.05) is 19.6 Å². The van der Waals surface area contributed by atoms with E-state index in [9.17, 15) is 9.18 Å². The second kappa shape index (κ2) is 5.66. The number of hydrogen-bond acceptors (Lipinski definition) is 2. The van der Waals surface area contributed by atoms with Gasteiger partial charge in [0.1, 0.15) is 6.17 Å². The Balaban J connectivity index is 0.00000112. The van der Waals surface area contributed by atoms with Gasteiger partial charge in [0.15, 0.2) is 0 Å². The number of alkyl halides is 1. The zero-order chi connectivity index (χ0) is 9.97. The van der Waals surface area contributed by atoms with Crippen molar-refractivity contribution in [3.63, 3.8) is 0 Å². The number of nitrogens with zero attached hydrogens (tertiary/aromatic N) is 1. The van der Waals surface area contributed by atoms with E-state index in [4.69, 9.17) is 0 Å². The van der Waals surface area contributed by atoms with E-state index in [-0.39, 0.29) is 24.4 Å². The Morgan fingerprint density at radius 1 is 1.33 bits per heavy atom. The lowest BCUT2D eigenvalue weighted by Crippen LogP contribution is -2.53. The van der Waals surface area contributed by atoms with Gasteiger partial charge in [0, 0.05) is 38.5 Å². The molecule has 0 spiro atoms. The van der Waals surface area contributed by atoms with Crippen molar-refractivity contribution in [1.29, 1.82) is 0 Å². The normalized spacial score (nSPS) is 32.3. The van der Waals surface area contributed by atoms with Gasteiger partial charge in [-0.15, -0.1) is 12.4 Å². The lowest BCUT2D eigenvalue weighted by Gasteiger charge is -2.38. The van der Waals surface area contributed by atoms with E-state index in [0.717, 1.165) is 25.9 Å². The fourth-order valence-electron chi connectivity index (χ4n) is 2.32. The molecule has 0 aliphatic carbocycles. The van der Waals surface area contributed by atoms with E-state index in [0.29, 0.717) is 19.4 Å². The Kier molecular flexibility index (Phi) is 4.80. The molecule has 2 saturated heterocycles. The first-order chi connectivity index (χ1) is 6.77. The van der Waals surface area contributed by atoms with Crippen molar-refractivity contribution in [1.82, 2.24) is 10.2 Å². The van der Waals surface area contributed by atoms with Crippen LogP contribution in [0.2, 0.25) is 0 Å². The molecule has 2 atom stereocenters. The molecule has 0 radical (unpaired) electrons. The highest BCUT2D eigenvalue weighted by Crippen LogP contribution is 2.19. The van der Waals surface area contributed by atoms with Gasteiger partial charge in [0.2, 0.25) is 5.91 Å². The zero-order valence-corrected chi connectivity index (χ0v) is 9.56. The van der Waals surface area contributed by atoms with E-state index in [2.05, 4.69) is 5.32 Å². The van der Waals surface area contributed by atoms with Crippen LogP contribution in [-0.2, 0) is 4.79 Å². The Morgan fingerprint density at radius 3 is 2.80 bits per heavy atom. The largest absolute Gasteiger partial charge is 0.338 e. The maximum absolute atomic E-state index is 13.1. The van der Waals surface area contributed by atoms with Crippen LogP contribution in [0.15, 0.2) is 0 Å². The fourth-order valence-corrected chi connectivity index (χ4v) is 2.32. The number of amides is 1. The van der Waals surface area contributed by atoms with Gasteiger partial charge in [-0.1, -0.05) is 0 Å². The predicted molar refractivity (Wildman–Crippen MR) is 59.0 cm³/mol. The van der Waals surface area contributed by atoms with Gasteiger partial charge < -0.3 is 10.2 Å². The highest BCUT2D eigenvalue weighted by molar-refractivity contribution is 5.85. The summed E-state index contributed by atoms with van der Waals surface area (Å²) in [7, 11) is 0. The molecule has 2 heterocycles. The lowest BCUT2D eigenvalue weighted by molar-refractivity contribution is -0.136. The van der Waals surface area contributed by atoms with Crippen molar-refractivity contribution in [3.8, 4) is 0 Å². The molecule has 5 heteroatoms. The summed E-state index contributed by atoms with van der Waals surface area (Å²) < 4.78 is 13.1. The van der Waals surface area contributed by atoms with Gasteiger partial charge in [0.25, 0.3) is 0 Å². The average molecular weight is 237 g/mol. The van der Waals surface area contributed by atoms with Crippen LogP contribution in [0.25, 0.3) is 0 Å². The predicted octanol–water partition coefficient (Wildman–Crippen LogP) is 1.12. The minimum atomic E-state index is -0.788. The van der Waals surface area contributed by atoms with Crippen molar-refractivity contribution in [3.05, 3.63) is 0 Å². The van der Waals surface area contributed by atoms with Crippen LogP contribution in [0.1, 0.15) is 25.7 Å². The molecule has 3 nitrogen and oxygen atoms in total. The number of carbonyl (C=O) groups excluding carboxylic acids is 1. The number of nitrogens with one attached hydrogen (secondary N) is 1. The highest BCUT2D eigenvalue weighted by atomic mass is 35.5. The van der Waals surface area contributed by atoms with Crippen LogP contribution in [0.4, 0.5) is 4.39 Å². The molecule has 0 aromatic carbocycles. The van der Waals surface area contributed by atoms with Crippen LogP contribution in [0, 0.1) is 0 Å². The van der Waals surface area contributed by atoms with E-state index in [1.807, 2.05) is 4.90 Å². The summed E-state index contributed by atoms with van der Waals surface area (Å²) in [6.45, 7) is 2.02. The first kappa shape index (κ1) is 12.7. The number of likely N-dealkylation sites (tertiary alicyclic amines) is 1. The zero-order valence-electron chi connectivity index (χ0n) is 8.75. The third-order valence-corrected chi connectivity index (χ3v) is 3.07. The van der Waals surface area contributed by atoms with E-state index >= 15 is 0 Å². The van der Waals surface area contributed by atoms with Crippen molar-refractivity contribution in [2.45, 2.75) is 37.9 Å². The van der Waals surface area contributed by atoms with E-state index in [1.165, 1.54) is 0 Å². The van der Waals surface area contributed by atoms with Gasteiger partial charge in [-0.25, -0.2) is 4.39 Å². The second-order valence-electron chi connectivity index (χ2n) is 4.19. The summed E-state index contributed by atoms with van der Waals surface area (Å²) in [6, 6.07) is 0.0894. The molecule has 1 amide bonds. The molecule has 2 aliphatic heterocycles. The van der Waals surface area contributed by atoms with Crippen LogP contribution in [-0.4, -0.2) is 42.7 Å². The molecule has 0 saturated carbocycles. The lowest BCUT2D eigenvalue weighted by atomic mass is 10.0. The van der Waals surface area contributed by atoms with Crippen molar-refractivity contribution in [2.24, 2.45) is 0 Å². The van der Waals surface area contributed by atoms with Gasteiger partial charge in [-0.2, -0.15) is 0 Å². The Hall–Kier alpha value is -0.350. The molecular weight excluding hydrogens is 219 g/mol. The summed E-state index contributed by atoms with van der Waals surface area (Å²) in [4.78, 5) is 13.4. The molecule has 88 valence electrons. The summed E-state index contributed by atoms with van der Waals surface area (Å²) in [5.74, 6) is 0.206. The van der Waals surface area contributed by atoms with Crippen LogP contribution >= 0.6 is 12.4 Å². The third-order valence-electron chi connectivity index (χ3n) is 3.07. The number of halogens is 2. The monoisotopic (exact) mass is 236 g/mol. The number of rotatable bonds is 1. The molecule has 0 aromatic rings. The Labute approximate surface area is 95.8 Å². The molecule has 2 fully saturated rings. The van der Waals surface area contributed by atoms with Crippen LogP contribution in [0.5, 0.6) is 0 Å². The van der Waals surface area contributed by atoms with Gasteiger partial charge in [0.05, 0.1) is 0 Å². The molecule has 2 aliphatic rings. The summed E-state index contributed by atoms with van der Waals surface area (Å²) in [5.41, 5.74) is 0. The SMILES string of the molecule is Cl.O=C1CCCCN1[C@@H]1CNC[C@@H](F)C1. The third kappa shape index (κ3) is 3.05. The molecule has 15 heavy (non-hydrogen) atoms. The topological polar surface area (TPSA) is 32.3 Å². The summed E-state index contributed by atoms with van der Waals surface area (Å²) in [5, 5.41) is 3.03. The van der Waals surface area contributed by atoms with E-state index < -0.39 is 6.17 Å². The minimum Gasteiger partial charge on any atom is -0.338 e. The second-order valence-corrected chi connectivity index (χ2v) is 4.19. The minimum absolute atomic E-state index is 0. The smallest absolute Gasteiger partial charge is 0.222 e. The first-order valence-corrected chi connectivity index (χ1v) is 5.41. The van der Waals surface area contributed by atoms with Gasteiger partial charge in [-0.3, -0.25) is 4.79 Å². The van der Waals surface area contributed by atoms with Gasteiger partial charge >= 0.3 is 0 Å². The fraction of sp³-hybridized carbons (Fsp3) is 0.900. The molecule has 0 bridgehead atoms. The van der Waals surface area contributed by atoms with Crippen molar-refractivity contribution < 1.29 is 9.18 Å². The van der Waals surface area contributed by atoms with Crippen molar-refractivity contribution >= 4 is 18.3 Å². The van der Waals surface area contributed by atoms with E-state index in [1.54, 1.807) is 0 Å².